The van der Waals surface area contributed by atoms with Gasteiger partial charge >= 0.3 is 0 Å². The molecule has 1 fully saturated rings. The van der Waals surface area contributed by atoms with Gasteiger partial charge in [0.05, 0.1) is 13.0 Å². The second-order valence-electron chi connectivity index (χ2n) is 4.09. The Morgan fingerprint density at radius 3 is 2.93 bits per heavy atom. The summed E-state index contributed by atoms with van der Waals surface area (Å²) in [5.41, 5.74) is 5.57. The molecular weight excluding hydrogens is 192 g/mol. The minimum atomic E-state index is 0.210. The standard InChI is InChI=1S/C11H22N2O2/c1-2-6-15-7-4-11(14)13-5-3-10(8-12)9-13/h10H,2-9,12H2,1H3. The Kier molecular flexibility index (Phi) is 5.65. The summed E-state index contributed by atoms with van der Waals surface area (Å²) in [4.78, 5) is 13.6. The van der Waals surface area contributed by atoms with Crippen LogP contribution in [0.25, 0.3) is 0 Å². The Hall–Kier alpha value is -0.610. The highest BCUT2D eigenvalue weighted by molar-refractivity contribution is 5.76. The molecule has 0 bridgehead atoms. The van der Waals surface area contributed by atoms with Gasteiger partial charge in [0.25, 0.3) is 0 Å². The number of hydrogen-bond acceptors (Lipinski definition) is 3. The molecule has 1 atom stereocenters. The predicted molar refractivity (Wildman–Crippen MR) is 59.5 cm³/mol. The zero-order valence-corrected chi connectivity index (χ0v) is 9.58. The highest BCUT2D eigenvalue weighted by Gasteiger charge is 2.24. The Labute approximate surface area is 91.8 Å². The van der Waals surface area contributed by atoms with E-state index in [2.05, 4.69) is 6.92 Å². The topological polar surface area (TPSA) is 55.6 Å². The number of nitrogens with two attached hydrogens (primary N) is 1. The van der Waals surface area contributed by atoms with Gasteiger partial charge in [0.2, 0.25) is 5.91 Å². The van der Waals surface area contributed by atoms with Gasteiger partial charge in [0, 0.05) is 19.7 Å². The lowest BCUT2D eigenvalue weighted by molar-refractivity contribution is -0.131. The quantitative estimate of drug-likeness (QED) is 0.659. The molecule has 0 saturated carbocycles. The Morgan fingerprint density at radius 1 is 1.53 bits per heavy atom. The third-order valence-corrected chi connectivity index (χ3v) is 2.78. The molecule has 1 saturated heterocycles. The first-order valence-corrected chi connectivity index (χ1v) is 5.83. The first-order valence-electron chi connectivity index (χ1n) is 5.83. The van der Waals surface area contributed by atoms with Gasteiger partial charge in [0.1, 0.15) is 0 Å². The number of carbonyl (C=O) groups is 1. The van der Waals surface area contributed by atoms with E-state index in [0.29, 0.717) is 25.5 Å². The monoisotopic (exact) mass is 214 g/mol. The summed E-state index contributed by atoms with van der Waals surface area (Å²) in [7, 11) is 0. The van der Waals surface area contributed by atoms with Gasteiger partial charge in [0.15, 0.2) is 0 Å². The van der Waals surface area contributed by atoms with E-state index in [-0.39, 0.29) is 5.91 Å². The molecule has 0 radical (unpaired) electrons. The smallest absolute Gasteiger partial charge is 0.224 e. The van der Waals surface area contributed by atoms with E-state index < -0.39 is 0 Å². The van der Waals surface area contributed by atoms with E-state index in [4.69, 9.17) is 10.5 Å². The second kappa shape index (κ2) is 6.80. The summed E-state index contributed by atoms with van der Waals surface area (Å²) in [6, 6.07) is 0. The summed E-state index contributed by atoms with van der Waals surface area (Å²) in [6.07, 6.45) is 2.57. The molecule has 0 aromatic heterocycles. The largest absolute Gasteiger partial charge is 0.381 e. The minimum absolute atomic E-state index is 0.210. The zero-order valence-electron chi connectivity index (χ0n) is 9.58. The normalized spacial score (nSPS) is 20.9. The summed E-state index contributed by atoms with van der Waals surface area (Å²) in [6.45, 7) is 5.76. The Bertz CT molecular complexity index is 197. The lowest BCUT2D eigenvalue weighted by Gasteiger charge is -2.16. The molecule has 88 valence electrons. The van der Waals surface area contributed by atoms with Crippen LogP contribution < -0.4 is 5.73 Å². The van der Waals surface area contributed by atoms with Crippen molar-refractivity contribution in [3.05, 3.63) is 0 Å². The molecular formula is C11H22N2O2. The van der Waals surface area contributed by atoms with Gasteiger partial charge in [-0.25, -0.2) is 0 Å². The van der Waals surface area contributed by atoms with Crippen molar-refractivity contribution in [3.63, 3.8) is 0 Å². The van der Waals surface area contributed by atoms with Crippen LogP contribution in [0.3, 0.4) is 0 Å². The molecule has 0 aliphatic carbocycles. The molecule has 1 unspecified atom stereocenters. The van der Waals surface area contributed by atoms with Crippen molar-refractivity contribution in [2.75, 3.05) is 32.8 Å². The minimum Gasteiger partial charge on any atom is -0.381 e. The first-order chi connectivity index (χ1) is 7.27. The Morgan fingerprint density at radius 2 is 2.33 bits per heavy atom. The maximum absolute atomic E-state index is 11.7. The number of rotatable bonds is 6. The summed E-state index contributed by atoms with van der Waals surface area (Å²) >= 11 is 0. The fraction of sp³-hybridized carbons (Fsp3) is 0.909. The van der Waals surface area contributed by atoms with Crippen molar-refractivity contribution >= 4 is 5.91 Å². The molecule has 15 heavy (non-hydrogen) atoms. The van der Waals surface area contributed by atoms with Gasteiger partial charge in [-0.15, -0.1) is 0 Å². The van der Waals surface area contributed by atoms with Crippen molar-refractivity contribution in [2.45, 2.75) is 26.2 Å². The number of nitrogens with zero attached hydrogens (tertiary/aromatic N) is 1. The fourth-order valence-electron chi connectivity index (χ4n) is 1.82. The molecule has 4 nitrogen and oxygen atoms in total. The van der Waals surface area contributed by atoms with Crippen molar-refractivity contribution in [3.8, 4) is 0 Å². The Balaban J connectivity index is 2.12. The van der Waals surface area contributed by atoms with E-state index in [1.165, 1.54) is 0 Å². The van der Waals surface area contributed by atoms with E-state index >= 15 is 0 Å². The maximum atomic E-state index is 11.7. The van der Waals surface area contributed by atoms with Crippen molar-refractivity contribution < 1.29 is 9.53 Å². The second-order valence-corrected chi connectivity index (χ2v) is 4.09. The lowest BCUT2D eigenvalue weighted by Crippen LogP contribution is -2.30. The van der Waals surface area contributed by atoms with Crippen molar-refractivity contribution in [1.29, 1.82) is 0 Å². The number of ether oxygens (including phenoxy) is 1. The predicted octanol–water partition coefficient (Wildman–Crippen LogP) is 0.610. The lowest BCUT2D eigenvalue weighted by atomic mass is 10.1. The van der Waals surface area contributed by atoms with Gasteiger partial charge in [-0.3, -0.25) is 4.79 Å². The van der Waals surface area contributed by atoms with Crippen molar-refractivity contribution in [1.82, 2.24) is 4.90 Å². The third kappa shape index (κ3) is 4.18. The molecule has 0 aromatic carbocycles. The molecule has 1 aliphatic rings. The molecule has 4 heteroatoms. The molecule has 0 aromatic rings. The van der Waals surface area contributed by atoms with E-state index in [9.17, 15) is 4.79 Å². The summed E-state index contributed by atoms with van der Waals surface area (Å²) in [5, 5.41) is 0. The fourth-order valence-corrected chi connectivity index (χ4v) is 1.82. The maximum Gasteiger partial charge on any atom is 0.224 e. The summed E-state index contributed by atoms with van der Waals surface area (Å²) in [5.74, 6) is 0.715. The van der Waals surface area contributed by atoms with Crippen LogP contribution >= 0.6 is 0 Å². The van der Waals surface area contributed by atoms with E-state index in [1.807, 2.05) is 4.90 Å². The zero-order chi connectivity index (χ0) is 11.1. The van der Waals surface area contributed by atoms with Crippen LogP contribution in [0, 0.1) is 5.92 Å². The van der Waals surface area contributed by atoms with Gasteiger partial charge < -0.3 is 15.4 Å². The highest BCUT2D eigenvalue weighted by atomic mass is 16.5. The molecule has 1 rings (SSSR count). The molecule has 1 aliphatic heterocycles. The van der Waals surface area contributed by atoms with Gasteiger partial charge in [-0.2, -0.15) is 0 Å². The number of hydrogen-bond donors (Lipinski definition) is 1. The molecule has 1 heterocycles. The van der Waals surface area contributed by atoms with Crippen LogP contribution in [-0.2, 0) is 9.53 Å². The molecule has 1 amide bonds. The molecule has 2 N–H and O–H groups in total. The van der Waals surface area contributed by atoms with E-state index in [0.717, 1.165) is 32.5 Å². The highest BCUT2D eigenvalue weighted by Crippen LogP contribution is 2.15. The number of amides is 1. The number of likely N-dealkylation sites (tertiary alicyclic amines) is 1. The average molecular weight is 214 g/mol. The van der Waals surface area contributed by atoms with Gasteiger partial charge in [-0.05, 0) is 25.3 Å². The van der Waals surface area contributed by atoms with Crippen LogP contribution in [0.4, 0.5) is 0 Å². The van der Waals surface area contributed by atoms with E-state index in [1.54, 1.807) is 0 Å². The molecule has 0 spiro atoms. The van der Waals surface area contributed by atoms with Crippen LogP contribution in [0.5, 0.6) is 0 Å². The first kappa shape index (κ1) is 12.5. The van der Waals surface area contributed by atoms with Crippen LogP contribution in [-0.4, -0.2) is 43.7 Å². The van der Waals surface area contributed by atoms with Gasteiger partial charge in [-0.1, -0.05) is 6.92 Å². The summed E-state index contributed by atoms with van der Waals surface area (Å²) < 4.78 is 5.29. The third-order valence-electron chi connectivity index (χ3n) is 2.78. The number of carbonyl (C=O) groups excluding carboxylic acids is 1. The SMILES string of the molecule is CCCOCCC(=O)N1CCC(CN)C1. The van der Waals surface area contributed by atoms with Crippen LogP contribution in [0.15, 0.2) is 0 Å². The van der Waals surface area contributed by atoms with Crippen LogP contribution in [0.2, 0.25) is 0 Å². The van der Waals surface area contributed by atoms with Crippen LogP contribution in [0.1, 0.15) is 26.2 Å². The average Bonchev–Trinajstić information content (AvgIpc) is 2.72. The van der Waals surface area contributed by atoms with Crippen molar-refractivity contribution in [2.24, 2.45) is 11.7 Å².